The first kappa shape index (κ1) is 23.7. The Morgan fingerprint density at radius 2 is 1.83 bits per heavy atom. The minimum Gasteiger partial charge on any atom is -0.494 e. The molecule has 2 aromatic carbocycles. The highest BCUT2D eigenvalue weighted by Gasteiger charge is 2.10. The lowest BCUT2D eigenvalue weighted by Gasteiger charge is -2.22. The summed E-state index contributed by atoms with van der Waals surface area (Å²) < 4.78 is 7.47. The number of hydrogen-bond acceptors (Lipinski definition) is 4. The molecule has 0 bridgehead atoms. The van der Waals surface area contributed by atoms with Crippen LogP contribution in [-0.2, 0) is 13.1 Å². The van der Waals surface area contributed by atoms with Crippen molar-refractivity contribution in [1.29, 1.82) is 0 Å². The number of benzene rings is 2. The van der Waals surface area contributed by atoms with E-state index < -0.39 is 0 Å². The molecular formula is C22H29IN6O. The second-order valence-electron chi connectivity index (χ2n) is 6.56. The lowest BCUT2D eigenvalue weighted by atomic mass is 10.2. The Morgan fingerprint density at radius 3 is 2.50 bits per heavy atom. The Balaban J connectivity index is 0.00000320. The van der Waals surface area contributed by atoms with Crippen molar-refractivity contribution in [3.8, 4) is 11.4 Å². The number of ether oxygens (including phenoxy) is 1. The van der Waals surface area contributed by atoms with E-state index in [-0.39, 0.29) is 24.0 Å². The maximum Gasteiger partial charge on any atom is 0.194 e. The highest BCUT2D eigenvalue weighted by Crippen LogP contribution is 2.14. The molecule has 0 fully saturated rings. The minimum atomic E-state index is 0. The van der Waals surface area contributed by atoms with E-state index in [0.29, 0.717) is 13.2 Å². The first-order chi connectivity index (χ1) is 14.2. The van der Waals surface area contributed by atoms with Crippen LogP contribution in [0, 0.1) is 0 Å². The summed E-state index contributed by atoms with van der Waals surface area (Å²) in [5.41, 5.74) is 2.21. The van der Waals surface area contributed by atoms with Gasteiger partial charge in [0.05, 0.1) is 6.61 Å². The van der Waals surface area contributed by atoms with Crippen LogP contribution in [0.2, 0.25) is 0 Å². The van der Waals surface area contributed by atoms with Gasteiger partial charge in [-0.2, -0.15) is 0 Å². The molecule has 1 aromatic heterocycles. The molecule has 0 radical (unpaired) electrons. The summed E-state index contributed by atoms with van der Waals surface area (Å²) in [5.74, 6) is 2.50. The van der Waals surface area contributed by atoms with E-state index in [1.807, 2.05) is 61.0 Å². The van der Waals surface area contributed by atoms with Crippen molar-refractivity contribution >= 4 is 29.9 Å². The van der Waals surface area contributed by atoms with E-state index in [1.165, 1.54) is 5.56 Å². The van der Waals surface area contributed by atoms with Crippen molar-refractivity contribution in [2.75, 3.05) is 20.2 Å². The molecule has 0 spiro atoms. The van der Waals surface area contributed by atoms with Gasteiger partial charge in [-0.3, -0.25) is 4.57 Å². The van der Waals surface area contributed by atoms with Gasteiger partial charge in [0.2, 0.25) is 0 Å². The summed E-state index contributed by atoms with van der Waals surface area (Å²) in [6.45, 7) is 6.68. The lowest BCUT2D eigenvalue weighted by molar-refractivity contribution is 0.340. The highest BCUT2D eigenvalue weighted by atomic mass is 127. The van der Waals surface area contributed by atoms with Gasteiger partial charge in [-0.15, -0.1) is 34.2 Å². The molecule has 3 rings (SSSR count). The van der Waals surface area contributed by atoms with Crippen molar-refractivity contribution in [2.24, 2.45) is 4.99 Å². The fraction of sp³-hybridized carbons (Fsp3) is 0.318. The third-order valence-electron chi connectivity index (χ3n) is 4.37. The van der Waals surface area contributed by atoms with Gasteiger partial charge < -0.3 is 15.0 Å². The summed E-state index contributed by atoms with van der Waals surface area (Å²) in [6.07, 6.45) is 1.72. The van der Waals surface area contributed by atoms with Crippen molar-refractivity contribution in [3.63, 3.8) is 0 Å². The minimum absolute atomic E-state index is 0. The molecule has 8 heteroatoms. The second-order valence-corrected chi connectivity index (χ2v) is 6.56. The smallest absolute Gasteiger partial charge is 0.194 e. The Morgan fingerprint density at radius 1 is 1.10 bits per heavy atom. The number of halogens is 1. The number of guanidine groups is 1. The van der Waals surface area contributed by atoms with Crippen molar-refractivity contribution in [3.05, 3.63) is 72.3 Å². The largest absolute Gasteiger partial charge is 0.494 e. The predicted molar refractivity (Wildman–Crippen MR) is 131 cm³/mol. The molecule has 0 saturated heterocycles. The zero-order valence-corrected chi connectivity index (χ0v) is 20.0. The average Bonchev–Trinajstić information content (AvgIpc) is 3.22. The molecule has 0 atom stereocenters. The van der Waals surface area contributed by atoms with Gasteiger partial charge in [-0.25, -0.2) is 4.99 Å². The van der Waals surface area contributed by atoms with Gasteiger partial charge >= 0.3 is 0 Å². The molecule has 30 heavy (non-hydrogen) atoms. The van der Waals surface area contributed by atoms with E-state index in [9.17, 15) is 0 Å². The molecule has 1 N–H and O–H groups in total. The number of nitrogens with one attached hydrogen (secondary N) is 1. The predicted octanol–water partition coefficient (Wildman–Crippen LogP) is 3.88. The molecule has 1 heterocycles. The van der Waals surface area contributed by atoms with Crippen LogP contribution >= 0.6 is 24.0 Å². The fourth-order valence-electron chi connectivity index (χ4n) is 2.99. The van der Waals surface area contributed by atoms with Gasteiger partial charge in [0.25, 0.3) is 0 Å². The second kappa shape index (κ2) is 12.2. The number of nitrogens with zero attached hydrogens (tertiary/aromatic N) is 5. The number of aromatic nitrogens is 3. The Hall–Kier alpha value is -2.62. The SMILES string of the molecule is CCNC(=NCc1nncn1-c1ccccc1)N(C)Cc1ccc(OCC)cc1.I. The monoisotopic (exact) mass is 520 g/mol. The standard InChI is InChI=1S/C22H28N6O.HI/c1-4-23-22(27(3)16-18-11-13-20(14-12-18)29-5-2)24-15-21-26-25-17-28(21)19-9-7-6-8-10-19;/h6-14,17H,4-5,15-16H2,1-3H3,(H,23,24);1H. The third kappa shape index (κ3) is 6.45. The first-order valence-electron chi connectivity index (χ1n) is 9.86. The zero-order valence-electron chi connectivity index (χ0n) is 17.7. The molecule has 7 nitrogen and oxygen atoms in total. The Bertz CT molecular complexity index is 911. The molecule has 3 aromatic rings. The molecule has 0 aliphatic heterocycles. The average molecular weight is 520 g/mol. The van der Waals surface area contributed by atoms with Crippen LogP contribution in [-0.4, -0.2) is 45.8 Å². The van der Waals surface area contributed by atoms with Crippen molar-refractivity contribution in [1.82, 2.24) is 25.0 Å². The van der Waals surface area contributed by atoms with E-state index in [4.69, 9.17) is 9.73 Å². The molecule has 160 valence electrons. The topological polar surface area (TPSA) is 67.6 Å². The molecule has 0 saturated carbocycles. The van der Waals surface area contributed by atoms with Gasteiger partial charge in [0.15, 0.2) is 11.8 Å². The number of para-hydroxylation sites is 1. The molecule has 0 aliphatic rings. The number of aliphatic imine (C=N–C) groups is 1. The van der Waals surface area contributed by atoms with Crippen LogP contribution in [0.3, 0.4) is 0 Å². The van der Waals surface area contributed by atoms with Crippen molar-refractivity contribution < 1.29 is 4.74 Å². The maximum atomic E-state index is 5.51. The normalized spacial score (nSPS) is 11.0. The summed E-state index contributed by atoms with van der Waals surface area (Å²) in [6, 6.07) is 18.2. The summed E-state index contributed by atoms with van der Waals surface area (Å²) in [5, 5.41) is 11.6. The van der Waals surface area contributed by atoms with E-state index in [2.05, 4.69) is 39.5 Å². The van der Waals surface area contributed by atoms with E-state index in [1.54, 1.807) is 6.33 Å². The van der Waals surface area contributed by atoms with E-state index >= 15 is 0 Å². The van der Waals surface area contributed by atoms with Crippen LogP contribution in [0.15, 0.2) is 65.9 Å². The Labute approximate surface area is 195 Å². The van der Waals surface area contributed by atoms with Crippen LogP contribution in [0.25, 0.3) is 5.69 Å². The summed E-state index contributed by atoms with van der Waals surface area (Å²) in [4.78, 5) is 6.87. The van der Waals surface area contributed by atoms with Crippen LogP contribution in [0.5, 0.6) is 5.75 Å². The van der Waals surface area contributed by atoms with Gasteiger partial charge in [-0.1, -0.05) is 30.3 Å². The Kier molecular flexibility index (Phi) is 9.59. The van der Waals surface area contributed by atoms with Gasteiger partial charge in [-0.05, 0) is 43.7 Å². The van der Waals surface area contributed by atoms with Gasteiger partial charge in [0, 0.05) is 25.8 Å². The van der Waals surface area contributed by atoms with E-state index in [0.717, 1.165) is 36.3 Å². The number of hydrogen-bond donors (Lipinski definition) is 1. The fourth-order valence-corrected chi connectivity index (χ4v) is 2.99. The van der Waals surface area contributed by atoms with Crippen LogP contribution < -0.4 is 10.1 Å². The third-order valence-corrected chi connectivity index (χ3v) is 4.37. The highest BCUT2D eigenvalue weighted by molar-refractivity contribution is 14.0. The zero-order chi connectivity index (χ0) is 20.5. The first-order valence-corrected chi connectivity index (χ1v) is 9.86. The quantitative estimate of drug-likeness (QED) is 0.278. The van der Waals surface area contributed by atoms with Crippen LogP contribution in [0.4, 0.5) is 0 Å². The molecule has 0 amide bonds. The molecule has 0 aliphatic carbocycles. The summed E-state index contributed by atoms with van der Waals surface area (Å²) in [7, 11) is 2.03. The lowest BCUT2D eigenvalue weighted by Crippen LogP contribution is -2.38. The molecule has 0 unspecified atom stereocenters. The van der Waals surface area contributed by atoms with Crippen LogP contribution in [0.1, 0.15) is 25.2 Å². The number of rotatable bonds is 8. The molecular weight excluding hydrogens is 491 g/mol. The maximum absolute atomic E-state index is 5.51. The van der Waals surface area contributed by atoms with Gasteiger partial charge in [0.1, 0.15) is 18.6 Å². The summed E-state index contributed by atoms with van der Waals surface area (Å²) >= 11 is 0. The van der Waals surface area contributed by atoms with Crippen molar-refractivity contribution in [2.45, 2.75) is 26.9 Å².